The van der Waals surface area contributed by atoms with Gasteiger partial charge in [-0.15, -0.1) is 0 Å². The lowest BCUT2D eigenvalue weighted by molar-refractivity contribution is -0.127. The first kappa shape index (κ1) is 14.5. The third-order valence-electron chi connectivity index (χ3n) is 4.17. The molecule has 1 saturated heterocycles. The van der Waals surface area contributed by atoms with Gasteiger partial charge in [0, 0.05) is 20.2 Å². The third kappa shape index (κ3) is 3.26. The summed E-state index contributed by atoms with van der Waals surface area (Å²) in [6.07, 6.45) is 0.973. The van der Waals surface area contributed by atoms with E-state index >= 15 is 0 Å². The number of fused-ring (bicyclic) bond motifs is 1. The van der Waals surface area contributed by atoms with Crippen molar-refractivity contribution in [2.24, 2.45) is 0 Å². The van der Waals surface area contributed by atoms with E-state index in [1.807, 2.05) is 4.90 Å². The fourth-order valence-corrected chi connectivity index (χ4v) is 3.05. The lowest BCUT2D eigenvalue weighted by Crippen LogP contribution is -2.30. The number of nitrogens with zero attached hydrogens (tertiary/aromatic N) is 2. The maximum absolute atomic E-state index is 12.0. The van der Waals surface area contributed by atoms with Crippen LogP contribution in [-0.2, 0) is 33.8 Å². The minimum Gasteiger partial charge on any atom is -0.383 e. The second kappa shape index (κ2) is 6.56. The molecule has 3 rings (SSSR count). The zero-order valence-electron chi connectivity index (χ0n) is 12.5. The van der Waals surface area contributed by atoms with E-state index < -0.39 is 0 Å². The molecule has 1 aromatic carbocycles. The second-order valence-electron chi connectivity index (χ2n) is 5.64. The van der Waals surface area contributed by atoms with E-state index in [1.54, 1.807) is 7.11 Å². The van der Waals surface area contributed by atoms with Crippen molar-refractivity contribution in [3.05, 3.63) is 34.9 Å². The number of methoxy groups -OCH3 is 1. The van der Waals surface area contributed by atoms with Crippen LogP contribution in [0.5, 0.6) is 0 Å². The standard InChI is InChI=1S/C16H22N2O3/c1-20-8-6-18-12-17(10-16(18)19)9-13-3-2-4-14-11-21-7-5-15(13)14/h2-4H,5-12H2,1H3. The molecule has 0 atom stereocenters. The van der Waals surface area contributed by atoms with Crippen molar-refractivity contribution in [3.63, 3.8) is 0 Å². The first-order chi connectivity index (χ1) is 10.3. The summed E-state index contributed by atoms with van der Waals surface area (Å²) in [5.74, 6) is 0.195. The summed E-state index contributed by atoms with van der Waals surface area (Å²) < 4.78 is 10.6. The topological polar surface area (TPSA) is 42.0 Å². The van der Waals surface area contributed by atoms with Gasteiger partial charge in [0.15, 0.2) is 0 Å². The molecule has 0 aromatic heterocycles. The molecule has 2 aliphatic heterocycles. The summed E-state index contributed by atoms with van der Waals surface area (Å²) in [7, 11) is 1.66. The zero-order chi connectivity index (χ0) is 14.7. The van der Waals surface area contributed by atoms with E-state index in [4.69, 9.17) is 9.47 Å². The molecule has 1 fully saturated rings. The highest BCUT2D eigenvalue weighted by Crippen LogP contribution is 2.23. The Hall–Kier alpha value is -1.43. The average molecular weight is 290 g/mol. The lowest BCUT2D eigenvalue weighted by Gasteiger charge is -2.23. The quantitative estimate of drug-likeness (QED) is 0.811. The fourth-order valence-electron chi connectivity index (χ4n) is 3.05. The maximum Gasteiger partial charge on any atom is 0.237 e. The molecular weight excluding hydrogens is 268 g/mol. The zero-order valence-corrected chi connectivity index (χ0v) is 12.5. The van der Waals surface area contributed by atoms with Crippen molar-refractivity contribution < 1.29 is 14.3 Å². The molecular formula is C16H22N2O3. The second-order valence-corrected chi connectivity index (χ2v) is 5.64. The molecule has 0 unspecified atom stereocenters. The van der Waals surface area contributed by atoms with Crippen molar-refractivity contribution in [2.75, 3.05) is 40.1 Å². The van der Waals surface area contributed by atoms with Gasteiger partial charge < -0.3 is 14.4 Å². The molecule has 1 amide bonds. The van der Waals surface area contributed by atoms with Crippen LogP contribution in [0.15, 0.2) is 18.2 Å². The van der Waals surface area contributed by atoms with Crippen LogP contribution in [0.2, 0.25) is 0 Å². The lowest BCUT2D eigenvalue weighted by atomic mass is 9.97. The fraction of sp³-hybridized carbons (Fsp3) is 0.562. The maximum atomic E-state index is 12.0. The Balaban J connectivity index is 1.66. The van der Waals surface area contributed by atoms with Gasteiger partial charge in [-0.3, -0.25) is 9.69 Å². The van der Waals surface area contributed by atoms with Gasteiger partial charge in [0.05, 0.1) is 33.0 Å². The predicted octanol–water partition coefficient (Wildman–Crippen LogP) is 1.01. The summed E-state index contributed by atoms with van der Waals surface area (Å²) in [6.45, 7) is 4.81. The Bertz CT molecular complexity index is 518. The van der Waals surface area contributed by atoms with E-state index in [0.29, 0.717) is 33.0 Å². The molecule has 0 radical (unpaired) electrons. The van der Waals surface area contributed by atoms with Crippen LogP contribution in [0.1, 0.15) is 16.7 Å². The van der Waals surface area contributed by atoms with E-state index in [9.17, 15) is 4.79 Å². The van der Waals surface area contributed by atoms with Crippen LogP contribution in [0, 0.1) is 0 Å². The van der Waals surface area contributed by atoms with Gasteiger partial charge in [-0.05, 0) is 23.1 Å². The molecule has 0 aliphatic carbocycles. The van der Waals surface area contributed by atoms with E-state index in [1.165, 1.54) is 16.7 Å². The van der Waals surface area contributed by atoms with Crippen LogP contribution in [0.3, 0.4) is 0 Å². The normalized spacial score (nSPS) is 19.1. The molecule has 0 spiro atoms. The van der Waals surface area contributed by atoms with Crippen molar-refractivity contribution in [1.29, 1.82) is 0 Å². The summed E-state index contributed by atoms with van der Waals surface area (Å²) in [5, 5.41) is 0. The number of hydrogen-bond donors (Lipinski definition) is 0. The van der Waals surface area contributed by atoms with E-state index in [2.05, 4.69) is 23.1 Å². The molecule has 21 heavy (non-hydrogen) atoms. The minimum atomic E-state index is 0.195. The Morgan fingerprint density at radius 3 is 3.14 bits per heavy atom. The highest BCUT2D eigenvalue weighted by molar-refractivity contribution is 5.80. The highest BCUT2D eigenvalue weighted by atomic mass is 16.5. The van der Waals surface area contributed by atoms with Gasteiger partial charge in [-0.2, -0.15) is 0 Å². The highest BCUT2D eigenvalue weighted by Gasteiger charge is 2.27. The number of amides is 1. The van der Waals surface area contributed by atoms with E-state index in [0.717, 1.165) is 19.6 Å². The number of carbonyl (C=O) groups is 1. The monoisotopic (exact) mass is 290 g/mol. The Morgan fingerprint density at radius 1 is 1.38 bits per heavy atom. The smallest absolute Gasteiger partial charge is 0.237 e. The largest absolute Gasteiger partial charge is 0.383 e. The number of benzene rings is 1. The minimum absolute atomic E-state index is 0.195. The van der Waals surface area contributed by atoms with Gasteiger partial charge in [0.1, 0.15) is 0 Å². The summed E-state index contributed by atoms with van der Waals surface area (Å²) >= 11 is 0. The van der Waals surface area contributed by atoms with Crippen LogP contribution in [0.25, 0.3) is 0 Å². The third-order valence-corrected chi connectivity index (χ3v) is 4.17. The molecule has 5 nitrogen and oxygen atoms in total. The first-order valence-corrected chi connectivity index (χ1v) is 7.44. The van der Waals surface area contributed by atoms with Crippen LogP contribution >= 0.6 is 0 Å². The van der Waals surface area contributed by atoms with Crippen molar-refractivity contribution in [1.82, 2.24) is 9.80 Å². The Morgan fingerprint density at radius 2 is 2.29 bits per heavy atom. The Labute approximate surface area is 125 Å². The van der Waals surface area contributed by atoms with Gasteiger partial charge >= 0.3 is 0 Å². The first-order valence-electron chi connectivity index (χ1n) is 7.44. The molecule has 0 saturated carbocycles. The molecule has 1 aromatic rings. The van der Waals surface area contributed by atoms with Gasteiger partial charge in [0.2, 0.25) is 5.91 Å². The van der Waals surface area contributed by atoms with Gasteiger partial charge in [0.25, 0.3) is 0 Å². The average Bonchev–Trinajstić information content (AvgIpc) is 2.85. The van der Waals surface area contributed by atoms with Crippen molar-refractivity contribution >= 4 is 5.91 Å². The van der Waals surface area contributed by atoms with Crippen molar-refractivity contribution in [2.45, 2.75) is 19.6 Å². The number of rotatable bonds is 5. The predicted molar refractivity (Wildman–Crippen MR) is 78.7 cm³/mol. The number of ether oxygens (including phenoxy) is 2. The summed E-state index contributed by atoms with van der Waals surface area (Å²) in [5.41, 5.74) is 4.03. The molecule has 2 aliphatic rings. The number of carbonyl (C=O) groups excluding carboxylic acids is 1. The summed E-state index contributed by atoms with van der Waals surface area (Å²) in [6, 6.07) is 6.40. The van der Waals surface area contributed by atoms with Gasteiger partial charge in [-0.25, -0.2) is 0 Å². The van der Waals surface area contributed by atoms with Crippen molar-refractivity contribution in [3.8, 4) is 0 Å². The number of hydrogen-bond acceptors (Lipinski definition) is 4. The molecule has 114 valence electrons. The molecule has 5 heteroatoms. The molecule has 0 N–H and O–H groups in total. The summed E-state index contributed by atoms with van der Waals surface area (Å²) in [4.78, 5) is 16.0. The van der Waals surface area contributed by atoms with Crippen LogP contribution in [0.4, 0.5) is 0 Å². The molecule has 2 heterocycles. The van der Waals surface area contributed by atoms with Crippen LogP contribution < -0.4 is 0 Å². The SMILES string of the molecule is COCCN1CN(Cc2cccc3c2CCOC3)CC1=O. The van der Waals surface area contributed by atoms with Crippen LogP contribution in [-0.4, -0.2) is 55.8 Å². The van der Waals surface area contributed by atoms with Gasteiger partial charge in [-0.1, -0.05) is 18.2 Å². The molecule has 0 bridgehead atoms. The van der Waals surface area contributed by atoms with E-state index in [-0.39, 0.29) is 5.91 Å². The Kier molecular flexibility index (Phi) is 4.53.